The molecule has 4 rings (SSSR count). The van der Waals surface area contributed by atoms with Gasteiger partial charge in [0.15, 0.2) is 0 Å². The zero-order valence-corrected chi connectivity index (χ0v) is 24.9. The summed E-state index contributed by atoms with van der Waals surface area (Å²) in [6.07, 6.45) is 17.7. The third-order valence-electron chi connectivity index (χ3n) is 11.0. The van der Waals surface area contributed by atoms with E-state index in [2.05, 4.69) is 39.1 Å². The van der Waals surface area contributed by atoms with E-state index in [1.807, 2.05) is 6.92 Å². The van der Waals surface area contributed by atoms with Gasteiger partial charge in [-0.25, -0.2) is 4.79 Å². The van der Waals surface area contributed by atoms with Crippen LogP contribution in [0.25, 0.3) is 0 Å². The molecule has 0 saturated heterocycles. The van der Waals surface area contributed by atoms with E-state index in [9.17, 15) is 9.59 Å². The highest BCUT2D eigenvalue weighted by atomic mass is 16.6. The lowest BCUT2D eigenvalue weighted by molar-refractivity contribution is -0.150. The average molecular weight is 530 g/mol. The Hall–Kier alpha value is -1.52. The molecule has 3 fully saturated rings. The van der Waals surface area contributed by atoms with E-state index >= 15 is 0 Å². The Morgan fingerprint density at radius 1 is 1.03 bits per heavy atom. The van der Waals surface area contributed by atoms with Crippen molar-refractivity contribution in [3.8, 4) is 0 Å². The van der Waals surface area contributed by atoms with E-state index < -0.39 is 6.09 Å². The van der Waals surface area contributed by atoms with E-state index in [4.69, 9.17) is 9.47 Å². The number of carbonyl (C=O) groups excluding carboxylic acids is 2. The van der Waals surface area contributed by atoms with Crippen molar-refractivity contribution >= 4 is 12.1 Å². The van der Waals surface area contributed by atoms with Gasteiger partial charge >= 0.3 is 12.1 Å². The highest BCUT2D eigenvalue weighted by Crippen LogP contribution is 2.63. The molecule has 5 nitrogen and oxygen atoms in total. The second-order valence-electron chi connectivity index (χ2n) is 13.8. The average Bonchev–Trinajstić information content (AvgIpc) is 3.32. The standard InChI is InChI=1S/C33H55NO4/c1-6-7-19-37-32(36)34-21-31(35)38-25-17-18-33(5)24(20-25)11-12-29-28-14-13-26(27(28)15-16-30(29)33)23(4)10-8-9-22(2)3/h11,22-23,25-30H,6-10,12-21H2,1-5H3,(H,34,36)/t23-,25+,26-,27?,28-,29+,30+,33+/m1/s1. The zero-order valence-electron chi connectivity index (χ0n) is 24.9. The summed E-state index contributed by atoms with van der Waals surface area (Å²) in [7, 11) is 0. The van der Waals surface area contributed by atoms with Crippen LogP contribution in [0.5, 0.6) is 0 Å². The summed E-state index contributed by atoms with van der Waals surface area (Å²) in [5.74, 6) is 5.78. The molecule has 4 aliphatic rings. The maximum Gasteiger partial charge on any atom is 0.407 e. The molecule has 0 aromatic rings. The fraction of sp³-hybridized carbons (Fsp3) is 0.879. The Morgan fingerprint density at radius 2 is 1.82 bits per heavy atom. The molecule has 4 aliphatic carbocycles. The van der Waals surface area contributed by atoms with E-state index in [0.717, 1.165) is 73.5 Å². The molecular formula is C33H55NO4. The summed E-state index contributed by atoms with van der Waals surface area (Å²) >= 11 is 0. The van der Waals surface area contributed by atoms with Crippen LogP contribution in [0.15, 0.2) is 11.6 Å². The summed E-state index contributed by atoms with van der Waals surface area (Å²) in [6, 6.07) is 0. The van der Waals surface area contributed by atoms with Crippen LogP contribution in [0, 0.1) is 46.8 Å². The third kappa shape index (κ3) is 6.78. The van der Waals surface area contributed by atoms with Gasteiger partial charge in [-0.2, -0.15) is 0 Å². The number of amides is 1. The van der Waals surface area contributed by atoms with Gasteiger partial charge in [-0.3, -0.25) is 4.79 Å². The number of esters is 1. The quantitative estimate of drug-likeness (QED) is 0.167. The Kier molecular flexibility index (Phi) is 10.3. The topological polar surface area (TPSA) is 64.6 Å². The third-order valence-corrected chi connectivity index (χ3v) is 11.0. The lowest BCUT2D eigenvalue weighted by atomic mass is 9.50. The molecule has 8 atom stereocenters. The number of hydrogen-bond acceptors (Lipinski definition) is 4. The van der Waals surface area contributed by atoms with Crippen LogP contribution in [0.4, 0.5) is 4.79 Å². The fourth-order valence-corrected chi connectivity index (χ4v) is 8.93. The molecule has 0 bridgehead atoms. The predicted octanol–water partition coefficient (Wildman–Crippen LogP) is 8.08. The molecule has 0 aliphatic heterocycles. The summed E-state index contributed by atoms with van der Waals surface area (Å²) in [5.41, 5.74) is 1.80. The zero-order chi connectivity index (χ0) is 27.3. The largest absolute Gasteiger partial charge is 0.461 e. The van der Waals surface area contributed by atoms with Gasteiger partial charge in [-0.05, 0) is 98.2 Å². The molecule has 38 heavy (non-hydrogen) atoms. The molecule has 0 heterocycles. The molecule has 0 aromatic carbocycles. The normalized spacial score (nSPS) is 34.9. The first-order valence-corrected chi connectivity index (χ1v) is 16.0. The van der Waals surface area contributed by atoms with Crippen LogP contribution in [0.3, 0.4) is 0 Å². The van der Waals surface area contributed by atoms with Gasteiger partial charge in [-0.15, -0.1) is 0 Å². The number of unbranched alkanes of at least 4 members (excludes halogenated alkanes) is 1. The van der Waals surface area contributed by atoms with Gasteiger partial charge in [-0.1, -0.05) is 72.0 Å². The summed E-state index contributed by atoms with van der Waals surface area (Å²) in [4.78, 5) is 24.1. The van der Waals surface area contributed by atoms with Crippen molar-refractivity contribution in [1.29, 1.82) is 0 Å². The molecule has 1 N–H and O–H groups in total. The van der Waals surface area contributed by atoms with Crippen molar-refractivity contribution in [2.24, 2.45) is 46.8 Å². The number of hydrogen-bond donors (Lipinski definition) is 1. The van der Waals surface area contributed by atoms with E-state index in [0.29, 0.717) is 6.61 Å². The Morgan fingerprint density at radius 3 is 2.58 bits per heavy atom. The number of ether oxygens (including phenoxy) is 2. The molecule has 1 amide bonds. The molecule has 3 saturated carbocycles. The van der Waals surface area contributed by atoms with Crippen LogP contribution in [0.2, 0.25) is 0 Å². The highest BCUT2D eigenvalue weighted by molar-refractivity contribution is 5.78. The first-order chi connectivity index (χ1) is 18.2. The minimum absolute atomic E-state index is 0.0739. The van der Waals surface area contributed by atoms with Crippen molar-refractivity contribution in [1.82, 2.24) is 5.32 Å². The summed E-state index contributed by atoms with van der Waals surface area (Å²) < 4.78 is 10.9. The number of fused-ring (bicyclic) bond motifs is 5. The summed E-state index contributed by atoms with van der Waals surface area (Å²) in [6.45, 7) is 12.1. The van der Waals surface area contributed by atoms with Crippen molar-refractivity contribution < 1.29 is 19.1 Å². The first-order valence-electron chi connectivity index (χ1n) is 16.0. The number of nitrogens with one attached hydrogen (secondary N) is 1. The number of carbonyl (C=O) groups is 2. The lowest BCUT2D eigenvalue weighted by Gasteiger charge is -2.55. The molecule has 5 heteroatoms. The molecule has 0 radical (unpaired) electrons. The van der Waals surface area contributed by atoms with E-state index in [1.54, 1.807) is 0 Å². The fourth-order valence-electron chi connectivity index (χ4n) is 8.93. The van der Waals surface area contributed by atoms with Crippen molar-refractivity contribution in [2.75, 3.05) is 13.2 Å². The minimum Gasteiger partial charge on any atom is -0.461 e. The first kappa shape index (κ1) is 29.5. The maximum absolute atomic E-state index is 12.4. The van der Waals surface area contributed by atoms with Crippen molar-refractivity contribution in [3.05, 3.63) is 11.6 Å². The Labute approximate surface area is 232 Å². The van der Waals surface area contributed by atoms with Gasteiger partial charge in [0.05, 0.1) is 6.61 Å². The van der Waals surface area contributed by atoms with Crippen LogP contribution in [-0.2, 0) is 14.3 Å². The van der Waals surface area contributed by atoms with E-state index in [1.165, 1.54) is 56.9 Å². The molecule has 0 aromatic heterocycles. The maximum atomic E-state index is 12.4. The second kappa shape index (κ2) is 13.2. The predicted molar refractivity (Wildman–Crippen MR) is 153 cm³/mol. The SMILES string of the molecule is CCCCOC(=O)NCC(=O)O[C@H]1CC[C@@]2(C)C(=CC[C@H]3[C@@H]4CC[C@H]([C@H](C)CCCC(C)C)C4CC[C@@H]32)C1. The van der Waals surface area contributed by atoms with Crippen LogP contribution in [0.1, 0.15) is 118 Å². The van der Waals surface area contributed by atoms with Crippen molar-refractivity contribution in [3.63, 3.8) is 0 Å². The van der Waals surface area contributed by atoms with Gasteiger partial charge < -0.3 is 14.8 Å². The van der Waals surface area contributed by atoms with Gasteiger partial charge in [0.1, 0.15) is 12.6 Å². The number of rotatable bonds is 11. The molecular weight excluding hydrogens is 474 g/mol. The Balaban J connectivity index is 1.29. The van der Waals surface area contributed by atoms with Gasteiger partial charge in [0.2, 0.25) is 0 Å². The number of alkyl carbamates (subject to hydrolysis) is 1. The molecule has 0 spiro atoms. The van der Waals surface area contributed by atoms with Crippen LogP contribution < -0.4 is 5.32 Å². The molecule has 216 valence electrons. The van der Waals surface area contributed by atoms with Gasteiger partial charge in [0.25, 0.3) is 0 Å². The Bertz CT molecular complexity index is 837. The monoisotopic (exact) mass is 529 g/mol. The van der Waals surface area contributed by atoms with Crippen LogP contribution >= 0.6 is 0 Å². The van der Waals surface area contributed by atoms with Gasteiger partial charge in [0, 0.05) is 6.42 Å². The second-order valence-corrected chi connectivity index (χ2v) is 13.8. The summed E-state index contributed by atoms with van der Waals surface area (Å²) in [5, 5.41) is 2.53. The van der Waals surface area contributed by atoms with E-state index in [-0.39, 0.29) is 24.0 Å². The highest BCUT2D eigenvalue weighted by Gasteiger charge is 2.54. The molecule has 1 unspecified atom stereocenters. The van der Waals surface area contributed by atoms with Crippen LogP contribution in [-0.4, -0.2) is 31.3 Å². The van der Waals surface area contributed by atoms with Crippen molar-refractivity contribution in [2.45, 2.75) is 124 Å². The lowest BCUT2D eigenvalue weighted by Crippen LogP contribution is -2.48. The number of allylic oxidation sites excluding steroid dienone is 1. The smallest absolute Gasteiger partial charge is 0.407 e. The minimum atomic E-state index is -0.539.